The molecule has 1 fully saturated rings. The zero-order valence-electron chi connectivity index (χ0n) is 19.3. The Bertz CT molecular complexity index is 952. The van der Waals surface area contributed by atoms with Crippen LogP contribution in [0, 0.1) is 0 Å². The van der Waals surface area contributed by atoms with Crippen molar-refractivity contribution < 1.29 is 4.79 Å². The summed E-state index contributed by atoms with van der Waals surface area (Å²) in [6.45, 7) is 8.98. The molecule has 2 aliphatic heterocycles. The van der Waals surface area contributed by atoms with Gasteiger partial charge >= 0.3 is 0 Å². The van der Waals surface area contributed by atoms with Crippen molar-refractivity contribution in [3.8, 4) is 0 Å². The van der Waals surface area contributed by atoms with Crippen molar-refractivity contribution in [3.05, 3.63) is 42.0 Å². The number of fused-ring (bicyclic) bond motifs is 1. The third kappa shape index (κ3) is 4.99. The van der Waals surface area contributed by atoms with Crippen LogP contribution in [0.1, 0.15) is 49.9 Å². The number of carbonyl (C=O) groups is 1. The molecule has 1 amide bonds. The first-order valence-electron chi connectivity index (χ1n) is 11.9. The number of rotatable bonds is 9. The Labute approximate surface area is 193 Å². The number of nitrogens with zero attached hydrogens (tertiary/aromatic N) is 3. The number of amides is 1. The monoisotopic (exact) mass is 453 g/mol. The number of aromatic nitrogens is 1. The molecule has 32 heavy (non-hydrogen) atoms. The first-order chi connectivity index (χ1) is 15.6. The fourth-order valence-corrected chi connectivity index (χ4v) is 7.26. The molecule has 0 radical (unpaired) electrons. The number of benzene rings is 1. The fourth-order valence-electron chi connectivity index (χ4n) is 4.54. The first kappa shape index (κ1) is 22.8. The largest absolute Gasteiger partial charge is 0.384 e. The minimum Gasteiger partial charge on any atom is -0.384 e. The Kier molecular flexibility index (Phi) is 7.48. The second-order valence-corrected chi connectivity index (χ2v) is 12.1. The Hall–Kier alpha value is -2.38. The zero-order valence-corrected chi connectivity index (χ0v) is 20.1. The number of hydrogen-bond donors (Lipinski definition) is 2. The maximum Gasteiger partial charge on any atom is 0.256 e. The highest BCUT2D eigenvalue weighted by Gasteiger charge is 2.32. The summed E-state index contributed by atoms with van der Waals surface area (Å²) in [7, 11) is -1.12. The van der Waals surface area contributed by atoms with E-state index in [4.69, 9.17) is 9.98 Å². The molecule has 172 valence electrons. The third-order valence-corrected chi connectivity index (χ3v) is 10.2. The molecule has 6 nitrogen and oxygen atoms in total. The minimum atomic E-state index is -1.12. The summed E-state index contributed by atoms with van der Waals surface area (Å²) in [4.78, 5) is 25.9. The van der Waals surface area contributed by atoms with Crippen LogP contribution in [-0.4, -0.2) is 59.0 Å². The van der Waals surface area contributed by atoms with E-state index in [1.807, 2.05) is 36.4 Å². The van der Waals surface area contributed by atoms with Crippen molar-refractivity contribution in [1.29, 1.82) is 0 Å². The van der Waals surface area contributed by atoms with E-state index in [0.717, 1.165) is 42.5 Å². The molecule has 1 saturated heterocycles. The van der Waals surface area contributed by atoms with Crippen molar-refractivity contribution in [3.63, 3.8) is 0 Å². The normalized spacial score (nSPS) is 18.2. The van der Waals surface area contributed by atoms with Crippen LogP contribution in [0.15, 0.2) is 46.3 Å². The molecule has 0 aliphatic carbocycles. The van der Waals surface area contributed by atoms with Gasteiger partial charge in [0.2, 0.25) is 0 Å². The Morgan fingerprint density at radius 1 is 1.09 bits per heavy atom. The average Bonchev–Trinajstić information content (AvgIpc) is 3.22. The van der Waals surface area contributed by atoms with E-state index in [1.54, 1.807) is 0 Å². The van der Waals surface area contributed by atoms with Gasteiger partial charge < -0.3 is 15.5 Å². The number of pyridine rings is 1. The topological polar surface area (TPSA) is 69.6 Å². The highest BCUT2D eigenvalue weighted by molar-refractivity contribution is 8.44. The second kappa shape index (κ2) is 10.5. The van der Waals surface area contributed by atoms with Gasteiger partial charge in [-0.1, -0.05) is 38.5 Å². The quantitative estimate of drug-likeness (QED) is 0.492. The number of likely N-dealkylation sites (tertiary alicyclic amines) is 1. The summed E-state index contributed by atoms with van der Waals surface area (Å²) in [6, 6.07) is 11.3. The van der Waals surface area contributed by atoms with Gasteiger partial charge in [0.25, 0.3) is 5.91 Å². The van der Waals surface area contributed by atoms with Gasteiger partial charge in [-0.25, -0.2) is 9.98 Å². The maximum atomic E-state index is 12.7. The van der Waals surface area contributed by atoms with Crippen molar-refractivity contribution in [2.75, 3.05) is 48.3 Å². The smallest absolute Gasteiger partial charge is 0.256 e. The molecule has 0 bridgehead atoms. The zero-order chi connectivity index (χ0) is 22.4. The summed E-state index contributed by atoms with van der Waals surface area (Å²) in [6.07, 6.45) is 5.12. The van der Waals surface area contributed by atoms with Gasteiger partial charge in [0.15, 0.2) is 5.82 Å². The standard InChI is InChI=1S/C25H35N5OS/c1-3-32(4-2)19-27-24-23(32)21(26-14-11-17-30-15-9-6-10-16-30)18-22(28-24)29-25(31)20-12-7-5-8-13-20/h5,7-8,12-13,18-19H,3-4,6,9-11,14-17H2,1-2H3,(H2,26,28,29,31). The molecule has 0 atom stereocenters. The van der Waals surface area contributed by atoms with Crippen molar-refractivity contribution in [2.24, 2.45) is 4.99 Å². The summed E-state index contributed by atoms with van der Waals surface area (Å²) in [5.74, 6) is 3.27. The number of aliphatic imine (C=N–C) groups is 1. The first-order valence-corrected chi connectivity index (χ1v) is 13.9. The highest BCUT2D eigenvalue weighted by atomic mass is 32.3. The number of nitrogens with one attached hydrogen (secondary N) is 2. The predicted molar refractivity (Wildman–Crippen MR) is 137 cm³/mol. The molecule has 7 heteroatoms. The maximum absolute atomic E-state index is 12.7. The molecule has 2 aliphatic rings. The van der Waals surface area contributed by atoms with Crippen LogP contribution in [-0.2, 0) is 0 Å². The lowest BCUT2D eigenvalue weighted by molar-refractivity contribution is 0.102. The van der Waals surface area contributed by atoms with Gasteiger partial charge in [-0.15, -0.1) is 0 Å². The van der Waals surface area contributed by atoms with Gasteiger partial charge in [-0.2, -0.15) is 10.0 Å². The lowest BCUT2D eigenvalue weighted by atomic mass is 10.1. The molecule has 0 unspecified atom stereocenters. The number of anilines is 2. The second-order valence-electron chi connectivity index (χ2n) is 8.47. The SMILES string of the molecule is CCS1(CC)C=Nc2nc(NC(=O)c3ccccc3)cc(NCCCN3CCCCC3)c21. The van der Waals surface area contributed by atoms with E-state index >= 15 is 0 Å². The summed E-state index contributed by atoms with van der Waals surface area (Å²) >= 11 is 0. The molecule has 0 spiro atoms. The van der Waals surface area contributed by atoms with Crippen LogP contribution in [0.3, 0.4) is 0 Å². The van der Waals surface area contributed by atoms with E-state index in [9.17, 15) is 4.79 Å². The Morgan fingerprint density at radius 2 is 1.84 bits per heavy atom. The number of hydrogen-bond acceptors (Lipinski definition) is 5. The minimum absolute atomic E-state index is 0.152. The van der Waals surface area contributed by atoms with Crippen LogP contribution in [0.2, 0.25) is 0 Å². The molecule has 2 aromatic rings. The molecule has 3 heterocycles. The van der Waals surface area contributed by atoms with E-state index in [1.165, 1.54) is 37.2 Å². The van der Waals surface area contributed by atoms with Gasteiger partial charge in [0.05, 0.1) is 10.6 Å². The van der Waals surface area contributed by atoms with Gasteiger partial charge in [-0.3, -0.25) is 4.79 Å². The molecule has 2 N–H and O–H groups in total. The predicted octanol–water partition coefficient (Wildman–Crippen LogP) is 5.50. The van der Waals surface area contributed by atoms with Crippen LogP contribution >= 0.6 is 10.0 Å². The average molecular weight is 454 g/mol. The third-order valence-electron chi connectivity index (χ3n) is 6.46. The van der Waals surface area contributed by atoms with E-state index < -0.39 is 10.0 Å². The van der Waals surface area contributed by atoms with Crippen LogP contribution < -0.4 is 10.6 Å². The summed E-state index contributed by atoms with van der Waals surface area (Å²) < 4.78 is 0. The van der Waals surface area contributed by atoms with Gasteiger partial charge in [0.1, 0.15) is 5.82 Å². The van der Waals surface area contributed by atoms with Crippen molar-refractivity contribution in [2.45, 2.75) is 44.4 Å². The van der Waals surface area contributed by atoms with Crippen LogP contribution in [0.5, 0.6) is 0 Å². The van der Waals surface area contributed by atoms with E-state index in [0.29, 0.717) is 11.4 Å². The molecular weight excluding hydrogens is 418 g/mol. The Balaban J connectivity index is 1.52. The Morgan fingerprint density at radius 3 is 2.56 bits per heavy atom. The number of piperidine rings is 1. The molecule has 1 aromatic carbocycles. The molecule has 1 aromatic heterocycles. The van der Waals surface area contributed by atoms with E-state index in [-0.39, 0.29) is 5.91 Å². The lowest BCUT2D eigenvalue weighted by Gasteiger charge is -2.33. The van der Waals surface area contributed by atoms with Gasteiger partial charge in [0, 0.05) is 23.7 Å². The molecule has 4 rings (SSSR count). The fraction of sp³-hybridized carbons (Fsp3) is 0.480. The van der Waals surface area contributed by atoms with Crippen LogP contribution in [0.25, 0.3) is 0 Å². The van der Waals surface area contributed by atoms with Crippen LogP contribution in [0.4, 0.5) is 17.3 Å². The molecule has 0 saturated carbocycles. The van der Waals surface area contributed by atoms with Gasteiger partial charge in [-0.05, 0) is 62.5 Å². The summed E-state index contributed by atoms with van der Waals surface area (Å²) in [5.41, 5.74) is 3.83. The van der Waals surface area contributed by atoms with E-state index in [2.05, 4.69) is 34.9 Å². The molecular formula is C25H35N5OS. The lowest BCUT2D eigenvalue weighted by Crippen LogP contribution is -2.31. The van der Waals surface area contributed by atoms with Crippen molar-refractivity contribution in [1.82, 2.24) is 9.88 Å². The summed E-state index contributed by atoms with van der Waals surface area (Å²) in [5, 5.41) is 6.66. The highest BCUT2D eigenvalue weighted by Crippen LogP contribution is 2.63. The van der Waals surface area contributed by atoms with Crippen molar-refractivity contribution >= 4 is 38.8 Å². The number of carbonyl (C=O) groups excluding carboxylic acids is 1.